The molecule has 6 heteroatoms. The summed E-state index contributed by atoms with van der Waals surface area (Å²) in [5.74, 6) is -2.35. The molecule has 1 unspecified atom stereocenters. The van der Waals surface area contributed by atoms with E-state index in [-0.39, 0.29) is 6.42 Å². The zero-order chi connectivity index (χ0) is 16.8. The van der Waals surface area contributed by atoms with Gasteiger partial charge in [0.15, 0.2) is 0 Å². The third-order valence-corrected chi connectivity index (χ3v) is 3.96. The topological polar surface area (TPSA) is 89.3 Å². The van der Waals surface area contributed by atoms with Gasteiger partial charge in [-0.3, -0.25) is 14.4 Å². The van der Waals surface area contributed by atoms with Gasteiger partial charge in [0.2, 0.25) is 5.78 Å². The third-order valence-electron chi connectivity index (χ3n) is 3.27. The Morgan fingerprint density at radius 3 is 2.22 bits per heavy atom. The summed E-state index contributed by atoms with van der Waals surface area (Å²) in [6.07, 6.45) is 0.193. The second-order valence-corrected chi connectivity index (χ2v) is 5.78. The van der Waals surface area contributed by atoms with Gasteiger partial charge < -0.3 is 11.1 Å². The first-order valence-electron chi connectivity index (χ1n) is 6.92. The number of hydrogen-bond donors (Lipinski definition) is 2. The Hall–Kier alpha value is -2.47. The molecule has 5 nitrogen and oxygen atoms in total. The molecular formula is C17H15BrN2O3. The van der Waals surface area contributed by atoms with Crippen LogP contribution in [0.1, 0.15) is 15.9 Å². The number of rotatable bonds is 6. The van der Waals surface area contributed by atoms with Crippen LogP contribution in [0.5, 0.6) is 0 Å². The van der Waals surface area contributed by atoms with E-state index in [1.54, 1.807) is 24.3 Å². The van der Waals surface area contributed by atoms with Gasteiger partial charge in [0.05, 0.1) is 5.56 Å². The van der Waals surface area contributed by atoms with E-state index in [0.29, 0.717) is 10.0 Å². The lowest BCUT2D eigenvalue weighted by Crippen LogP contribution is -2.47. The molecule has 0 radical (unpaired) electrons. The molecule has 118 valence electrons. The number of carbonyl (C=O) groups is 3. The number of halogens is 1. The quantitative estimate of drug-likeness (QED) is 0.756. The summed E-state index contributed by atoms with van der Waals surface area (Å²) in [7, 11) is 0. The predicted molar refractivity (Wildman–Crippen MR) is 89.7 cm³/mol. The average molecular weight is 375 g/mol. The van der Waals surface area contributed by atoms with Gasteiger partial charge in [0.1, 0.15) is 6.04 Å². The Bertz CT molecular complexity index is 732. The lowest BCUT2D eigenvalue weighted by atomic mass is 10.0. The fourth-order valence-electron chi connectivity index (χ4n) is 2.11. The SMILES string of the molecule is NC(=O)C(=O)C(Cc1ccccc1)NC(=O)c1ccccc1Br. The van der Waals surface area contributed by atoms with E-state index < -0.39 is 23.6 Å². The summed E-state index contributed by atoms with van der Waals surface area (Å²) >= 11 is 3.28. The van der Waals surface area contributed by atoms with Crippen molar-refractivity contribution in [2.24, 2.45) is 5.73 Å². The first-order valence-corrected chi connectivity index (χ1v) is 7.71. The first kappa shape index (κ1) is 16.9. The van der Waals surface area contributed by atoms with E-state index in [2.05, 4.69) is 21.2 Å². The summed E-state index contributed by atoms with van der Waals surface area (Å²) in [5, 5.41) is 2.58. The van der Waals surface area contributed by atoms with Crippen molar-refractivity contribution in [3.8, 4) is 0 Å². The van der Waals surface area contributed by atoms with E-state index in [0.717, 1.165) is 5.56 Å². The number of amides is 2. The molecule has 3 N–H and O–H groups in total. The smallest absolute Gasteiger partial charge is 0.287 e. The van der Waals surface area contributed by atoms with Crippen molar-refractivity contribution in [1.82, 2.24) is 5.32 Å². The molecule has 1 atom stereocenters. The minimum absolute atomic E-state index is 0.193. The van der Waals surface area contributed by atoms with Crippen molar-refractivity contribution in [2.45, 2.75) is 12.5 Å². The molecule has 0 spiro atoms. The number of ketones is 1. The lowest BCUT2D eigenvalue weighted by molar-refractivity contribution is -0.137. The van der Waals surface area contributed by atoms with Crippen LogP contribution in [0, 0.1) is 0 Å². The molecule has 0 bridgehead atoms. The molecule has 0 saturated carbocycles. The van der Waals surface area contributed by atoms with E-state index >= 15 is 0 Å². The number of hydrogen-bond acceptors (Lipinski definition) is 3. The van der Waals surface area contributed by atoms with Crippen LogP contribution in [-0.4, -0.2) is 23.6 Å². The fraction of sp³-hybridized carbons (Fsp3) is 0.118. The average Bonchev–Trinajstić information content (AvgIpc) is 2.54. The zero-order valence-corrected chi connectivity index (χ0v) is 13.7. The Kier molecular flexibility index (Phi) is 5.65. The first-order chi connectivity index (χ1) is 11.0. The fourth-order valence-corrected chi connectivity index (χ4v) is 2.58. The van der Waals surface area contributed by atoms with Crippen LogP contribution in [0.4, 0.5) is 0 Å². The molecule has 2 amide bonds. The maximum atomic E-state index is 12.3. The van der Waals surface area contributed by atoms with E-state index in [1.165, 1.54) is 0 Å². The summed E-state index contributed by atoms with van der Waals surface area (Å²) in [4.78, 5) is 35.6. The van der Waals surface area contributed by atoms with Gasteiger partial charge in [-0.15, -0.1) is 0 Å². The van der Waals surface area contributed by atoms with Gasteiger partial charge in [0, 0.05) is 10.9 Å². The molecule has 0 aromatic heterocycles. The molecule has 0 heterocycles. The highest BCUT2D eigenvalue weighted by atomic mass is 79.9. The van der Waals surface area contributed by atoms with Gasteiger partial charge in [0.25, 0.3) is 11.8 Å². The van der Waals surface area contributed by atoms with Crippen LogP contribution in [0.15, 0.2) is 59.1 Å². The molecule has 2 rings (SSSR count). The highest BCUT2D eigenvalue weighted by Gasteiger charge is 2.26. The van der Waals surface area contributed by atoms with E-state index in [1.807, 2.05) is 30.3 Å². The molecule has 0 aliphatic rings. The van der Waals surface area contributed by atoms with Gasteiger partial charge in [-0.2, -0.15) is 0 Å². The van der Waals surface area contributed by atoms with Crippen LogP contribution in [0.25, 0.3) is 0 Å². The van der Waals surface area contributed by atoms with Gasteiger partial charge in [-0.1, -0.05) is 42.5 Å². The van der Waals surface area contributed by atoms with E-state index in [9.17, 15) is 14.4 Å². The third kappa shape index (κ3) is 4.50. The zero-order valence-electron chi connectivity index (χ0n) is 12.2. The monoisotopic (exact) mass is 374 g/mol. The number of carbonyl (C=O) groups excluding carboxylic acids is 3. The maximum absolute atomic E-state index is 12.3. The molecule has 0 aliphatic heterocycles. The number of nitrogens with two attached hydrogens (primary N) is 1. The van der Waals surface area contributed by atoms with Crippen molar-refractivity contribution in [3.63, 3.8) is 0 Å². The normalized spacial score (nSPS) is 11.5. The summed E-state index contributed by atoms with van der Waals surface area (Å²) in [6, 6.07) is 14.9. The van der Waals surface area contributed by atoms with Crippen LogP contribution < -0.4 is 11.1 Å². The minimum atomic E-state index is -1.07. The number of nitrogens with one attached hydrogen (secondary N) is 1. The maximum Gasteiger partial charge on any atom is 0.287 e. The molecule has 0 aliphatic carbocycles. The van der Waals surface area contributed by atoms with Crippen molar-refractivity contribution in [3.05, 3.63) is 70.2 Å². The highest BCUT2D eigenvalue weighted by molar-refractivity contribution is 9.10. The highest BCUT2D eigenvalue weighted by Crippen LogP contribution is 2.16. The van der Waals surface area contributed by atoms with Crippen molar-refractivity contribution < 1.29 is 14.4 Å². The Labute approximate surface area is 142 Å². The van der Waals surface area contributed by atoms with Crippen LogP contribution in [0.2, 0.25) is 0 Å². The Balaban J connectivity index is 2.21. The second-order valence-electron chi connectivity index (χ2n) is 4.92. The van der Waals surface area contributed by atoms with Gasteiger partial charge in [-0.05, 0) is 33.6 Å². The van der Waals surface area contributed by atoms with Crippen molar-refractivity contribution >= 4 is 33.5 Å². The Morgan fingerprint density at radius 1 is 1.00 bits per heavy atom. The van der Waals surface area contributed by atoms with Crippen molar-refractivity contribution in [2.75, 3.05) is 0 Å². The predicted octanol–water partition coefficient (Wildman–Crippen LogP) is 1.84. The number of primary amides is 1. The van der Waals surface area contributed by atoms with Crippen LogP contribution in [-0.2, 0) is 16.0 Å². The minimum Gasteiger partial charge on any atom is -0.363 e. The molecule has 23 heavy (non-hydrogen) atoms. The Morgan fingerprint density at radius 2 is 1.61 bits per heavy atom. The van der Waals surface area contributed by atoms with Gasteiger partial charge >= 0.3 is 0 Å². The van der Waals surface area contributed by atoms with Crippen LogP contribution >= 0.6 is 15.9 Å². The molecule has 2 aromatic carbocycles. The van der Waals surface area contributed by atoms with Crippen LogP contribution in [0.3, 0.4) is 0 Å². The lowest BCUT2D eigenvalue weighted by Gasteiger charge is -2.17. The number of Topliss-reactive ketones (excluding diaryl/α,β-unsaturated/α-hetero) is 1. The molecule has 0 fully saturated rings. The largest absolute Gasteiger partial charge is 0.363 e. The molecular weight excluding hydrogens is 360 g/mol. The number of benzene rings is 2. The standard InChI is InChI=1S/C17H15BrN2O3/c18-13-9-5-4-8-12(13)17(23)20-14(15(21)16(19)22)10-11-6-2-1-3-7-11/h1-9,14H,10H2,(H2,19,22)(H,20,23). The van der Waals surface area contributed by atoms with E-state index in [4.69, 9.17) is 5.73 Å². The summed E-state index contributed by atoms with van der Waals surface area (Å²) in [6.45, 7) is 0. The molecule has 0 saturated heterocycles. The summed E-state index contributed by atoms with van der Waals surface area (Å²) < 4.78 is 0.600. The van der Waals surface area contributed by atoms with Gasteiger partial charge in [-0.25, -0.2) is 0 Å². The summed E-state index contributed by atoms with van der Waals surface area (Å²) in [5.41, 5.74) is 6.28. The molecule has 2 aromatic rings. The van der Waals surface area contributed by atoms with Crippen molar-refractivity contribution in [1.29, 1.82) is 0 Å². The second kappa shape index (κ2) is 7.69.